The zero-order valence-corrected chi connectivity index (χ0v) is 7.89. The van der Waals surface area contributed by atoms with Gasteiger partial charge in [0, 0.05) is 6.07 Å². The second kappa shape index (κ2) is 3.19. The summed E-state index contributed by atoms with van der Waals surface area (Å²) in [6, 6.07) is 1.65. The van der Waals surface area contributed by atoms with Crippen LogP contribution in [0.4, 0.5) is 0 Å². The van der Waals surface area contributed by atoms with E-state index in [1.165, 1.54) is 6.33 Å². The maximum atomic E-state index is 4.87. The van der Waals surface area contributed by atoms with Gasteiger partial charge < -0.3 is 4.98 Å². The summed E-state index contributed by atoms with van der Waals surface area (Å²) in [6.07, 6.45) is 1.48. The number of thiocarbonyl (C=S) groups is 1. The summed E-state index contributed by atoms with van der Waals surface area (Å²) in [7, 11) is 0. The molecule has 0 fully saturated rings. The quantitative estimate of drug-likeness (QED) is 0.715. The van der Waals surface area contributed by atoms with E-state index < -0.39 is 0 Å². The van der Waals surface area contributed by atoms with Crippen LogP contribution in [0.1, 0.15) is 5.69 Å². The Bertz CT molecular complexity index is 472. The highest BCUT2D eigenvalue weighted by molar-refractivity contribution is 7.80. The van der Waals surface area contributed by atoms with Crippen LogP contribution in [-0.2, 0) is 0 Å². The van der Waals surface area contributed by atoms with Crippen molar-refractivity contribution in [3.63, 3.8) is 0 Å². The Morgan fingerprint density at radius 3 is 2.69 bits per heavy atom. The molecule has 7 heteroatoms. The van der Waals surface area contributed by atoms with Crippen molar-refractivity contribution in [1.82, 2.24) is 9.97 Å². The van der Waals surface area contributed by atoms with Gasteiger partial charge in [0.2, 0.25) is 10.9 Å². The van der Waals surface area contributed by atoms with Crippen molar-refractivity contribution in [3.8, 4) is 0 Å². The molecule has 0 saturated carbocycles. The Morgan fingerprint density at radius 2 is 2.08 bits per heavy atom. The van der Waals surface area contributed by atoms with Crippen LogP contribution in [0, 0.1) is 4.64 Å². The molecular weight excluding hydrogens is 206 g/mol. The second-order valence-electron chi connectivity index (χ2n) is 2.22. The fraction of sp³-hybridized carbons (Fsp3) is 0. The summed E-state index contributed by atoms with van der Waals surface area (Å²) in [4.78, 5) is 10.6. The first kappa shape index (κ1) is 8.27. The smallest absolute Gasteiger partial charge is 0.242 e. The lowest BCUT2D eigenvalue weighted by Crippen LogP contribution is -1.98. The van der Waals surface area contributed by atoms with Gasteiger partial charge in [0.05, 0.1) is 12.0 Å². The molecule has 1 aromatic rings. The summed E-state index contributed by atoms with van der Waals surface area (Å²) in [5.74, 6) is 0.443. The maximum Gasteiger partial charge on any atom is 0.242 e. The lowest BCUT2D eigenvalue weighted by Gasteiger charge is -1.93. The van der Waals surface area contributed by atoms with E-state index in [0.717, 1.165) is 0 Å². The molecule has 0 radical (unpaired) electrons. The van der Waals surface area contributed by atoms with Crippen molar-refractivity contribution in [3.05, 3.63) is 22.7 Å². The van der Waals surface area contributed by atoms with Crippen LogP contribution in [-0.4, -0.2) is 20.9 Å². The minimum absolute atomic E-state index is 0.228. The molecule has 2 rings (SSSR count). The lowest BCUT2D eigenvalue weighted by molar-refractivity contribution is 1.13. The highest BCUT2D eigenvalue weighted by atomic mass is 32.1. The van der Waals surface area contributed by atoms with Gasteiger partial charge in [0.25, 0.3) is 0 Å². The molecule has 0 saturated heterocycles. The Kier molecular flexibility index (Phi) is 2.03. The maximum absolute atomic E-state index is 4.87. The topological polar surface area (TPSA) is 65.8 Å². The van der Waals surface area contributed by atoms with Crippen molar-refractivity contribution >= 4 is 35.4 Å². The normalized spacial score (nSPS) is 14.8. The molecule has 0 amide bonds. The summed E-state index contributed by atoms with van der Waals surface area (Å²) in [6.45, 7) is 0. The molecular formula is C6H3N5S2. The molecule has 0 aromatic carbocycles. The molecule has 1 aliphatic rings. The van der Waals surface area contributed by atoms with Crippen molar-refractivity contribution in [2.45, 2.75) is 0 Å². The molecule has 5 nitrogen and oxygen atoms in total. The van der Waals surface area contributed by atoms with Gasteiger partial charge in [-0.05, 0) is 12.2 Å². The molecule has 64 valence electrons. The highest BCUT2D eigenvalue weighted by Crippen LogP contribution is 2.06. The van der Waals surface area contributed by atoms with Gasteiger partial charge >= 0.3 is 0 Å². The summed E-state index contributed by atoms with van der Waals surface area (Å²) in [5.41, 5.74) is 0.670. The standard InChI is InChI=1S/C6H3N5S2/c12-4-1-3(7-2-8-4)5-9-6(13)11-10-5/h1-2H,(H,7,8,12). The molecule has 1 aromatic heterocycles. The fourth-order valence-corrected chi connectivity index (χ4v) is 1.13. The van der Waals surface area contributed by atoms with Gasteiger partial charge in [0.15, 0.2) is 0 Å². The van der Waals surface area contributed by atoms with Crippen molar-refractivity contribution < 1.29 is 0 Å². The lowest BCUT2D eigenvalue weighted by atomic mass is 10.4. The molecule has 1 N–H and O–H groups in total. The first-order valence-electron chi connectivity index (χ1n) is 3.35. The molecule has 0 spiro atoms. The molecule has 0 aliphatic carbocycles. The molecule has 2 heterocycles. The van der Waals surface area contributed by atoms with Crippen LogP contribution in [0.2, 0.25) is 0 Å². The van der Waals surface area contributed by atoms with Crippen molar-refractivity contribution in [2.75, 3.05) is 0 Å². The number of aromatic amines is 1. The van der Waals surface area contributed by atoms with Crippen LogP contribution >= 0.6 is 24.4 Å². The third kappa shape index (κ3) is 1.70. The van der Waals surface area contributed by atoms with Crippen LogP contribution < -0.4 is 0 Å². The Balaban J connectivity index is 2.48. The monoisotopic (exact) mass is 209 g/mol. The summed E-state index contributed by atoms with van der Waals surface area (Å²) >= 11 is 9.60. The van der Waals surface area contributed by atoms with Crippen molar-refractivity contribution in [2.24, 2.45) is 15.2 Å². The van der Waals surface area contributed by atoms with Gasteiger partial charge in [-0.25, -0.2) is 4.98 Å². The number of aliphatic imine (C=N–C) groups is 1. The van der Waals surface area contributed by atoms with Gasteiger partial charge in [-0.3, -0.25) is 0 Å². The van der Waals surface area contributed by atoms with E-state index in [-0.39, 0.29) is 5.11 Å². The van der Waals surface area contributed by atoms with E-state index in [4.69, 9.17) is 24.4 Å². The SMILES string of the molecule is S=C1N=NC(c2cc(=S)nc[nH]2)=N1. The number of hydrogen-bond acceptors (Lipinski definition) is 4. The number of azo groups is 1. The van der Waals surface area contributed by atoms with E-state index in [1.54, 1.807) is 6.07 Å². The number of aromatic nitrogens is 2. The summed E-state index contributed by atoms with van der Waals surface area (Å²) in [5, 5.41) is 7.59. The minimum Gasteiger partial charge on any atom is -0.343 e. The molecule has 0 unspecified atom stereocenters. The Morgan fingerprint density at radius 1 is 1.23 bits per heavy atom. The Labute approximate surface area is 83.7 Å². The largest absolute Gasteiger partial charge is 0.343 e. The average molecular weight is 209 g/mol. The van der Waals surface area contributed by atoms with Crippen molar-refractivity contribution in [1.29, 1.82) is 0 Å². The van der Waals surface area contributed by atoms with Crippen LogP contribution in [0.5, 0.6) is 0 Å². The van der Waals surface area contributed by atoms with Gasteiger partial charge in [-0.2, -0.15) is 4.99 Å². The van der Waals surface area contributed by atoms with E-state index in [1.807, 2.05) is 0 Å². The average Bonchev–Trinajstić information content (AvgIpc) is 2.52. The van der Waals surface area contributed by atoms with E-state index in [0.29, 0.717) is 16.2 Å². The number of H-pyrrole nitrogens is 1. The second-order valence-corrected chi connectivity index (χ2v) is 3.00. The highest BCUT2D eigenvalue weighted by Gasteiger charge is 2.09. The molecule has 1 aliphatic heterocycles. The number of rotatable bonds is 1. The van der Waals surface area contributed by atoms with Gasteiger partial charge in [0.1, 0.15) is 4.64 Å². The zero-order valence-electron chi connectivity index (χ0n) is 6.26. The van der Waals surface area contributed by atoms with Crippen LogP contribution in [0.25, 0.3) is 0 Å². The number of amidine groups is 1. The van der Waals surface area contributed by atoms with E-state index >= 15 is 0 Å². The van der Waals surface area contributed by atoms with Crippen LogP contribution in [0.15, 0.2) is 27.6 Å². The fourth-order valence-electron chi connectivity index (χ4n) is 0.836. The molecule has 0 bridgehead atoms. The van der Waals surface area contributed by atoms with E-state index in [9.17, 15) is 0 Å². The summed E-state index contributed by atoms with van der Waals surface area (Å²) < 4.78 is 0.476. The Hall–Kier alpha value is -1.34. The predicted octanol–water partition coefficient (Wildman–Crippen LogP) is 1.64. The number of nitrogens with one attached hydrogen (secondary N) is 1. The first-order valence-corrected chi connectivity index (χ1v) is 4.17. The third-order valence-corrected chi connectivity index (χ3v) is 1.75. The van der Waals surface area contributed by atoms with Gasteiger partial charge in [-0.1, -0.05) is 12.2 Å². The number of nitrogens with zero attached hydrogens (tertiary/aromatic N) is 4. The van der Waals surface area contributed by atoms with Gasteiger partial charge in [-0.15, -0.1) is 10.2 Å². The predicted molar refractivity (Wildman–Crippen MR) is 53.4 cm³/mol. The third-order valence-electron chi connectivity index (χ3n) is 1.35. The minimum atomic E-state index is 0.228. The number of hydrogen-bond donors (Lipinski definition) is 1. The zero-order chi connectivity index (χ0) is 9.26. The van der Waals surface area contributed by atoms with E-state index in [2.05, 4.69) is 25.2 Å². The molecule has 13 heavy (non-hydrogen) atoms. The first-order chi connectivity index (χ1) is 6.25. The molecule has 0 atom stereocenters. The van der Waals surface area contributed by atoms with Crippen LogP contribution in [0.3, 0.4) is 0 Å².